The van der Waals surface area contributed by atoms with E-state index in [-0.39, 0.29) is 29.6 Å². The number of Topliss-reactive ketones (excluding diaryl/α,β-unsaturated/α-hetero) is 4. The fourth-order valence-corrected chi connectivity index (χ4v) is 7.30. The van der Waals surface area contributed by atoms with Gasteiger partial charge in [0.05, 0.1) is 17.5 Å². The molecule has 2 saturated carbocycles. The van der Waals surface area contributed by atoms with Crippen molar-refractivity contribution in [3.05, 3.63) is 22.8 Å². The molecule has 3 aliphatic carbocycles. The zero-order valence-corrected chi connectivity index (χ0v) is 25.9. The van der Waals surface area contributed by atoms with Crippen LogP contribution in [0, 0.1) is 29.1 Å². The standard InChI is InChI=1S/C31H44N4O7/c1-30(2,3)9-10-35(8)14-16-13-19(36)21-17(23(16)33(4)5)11-15-12-18-24(34(6)7)26(38)22(29(32)41)28(40)31(18,42)27(39)20(15)25(21)37/h13,15,18,20,22,24,36,42H,9-12,14H2,1-8H3,(H2,32,41)/t15-,18-,20?,22?,24-,31-/m0/s1. The Morgan fingerprint density at radius 1 is 1.07 bits per heavy atom. The molecule has 0 heterocycles. The van der Waals surface area contributed by atoms with E-state index in [9.17, 15) is 34.2 Å². The summed E-state index contributed by atoms with van der Waals surface area (Å²) in [5.41, 5.74) is 5.02. The van der Waals surface area contributed by atoms with Crippen LogP contribution >= 0.6 is 0 Å². The van der Waals surface area contributed by atoms with E-state index in [4.69, 9.17) is 5.73 Å². The van der Waals surface area contributed by atoms with E-state index in [1.807, 2.05) is 26.0 Å². The highest BCUT2D eigenvalue weighted by Gasteiger charge is 2.69. The van der Waals surface area contributed by atoms with Crippen molar-refractivity contribution in [1.82, 2.24) is 9.80 Å². The number of benzene rings is 1. The molecule has 4 N–H and O–H groups in total. The summed E-state index contributed by atoms with van der Waals surface area (Å²) < 4.78 is 0. The first-order valence-electron chi connectivity index (χ1n) is 14.4. The molecule has 11 heteroatoms. The smallest absolute Gasteiger partial charge is 0.235 e. The van der Waals surface area contributed by atoms with Gasteiger partial charge in [-0.1, -0.05) is 20.8 Å². The predicted octanol–water partition coefficient (Wildman–Crippen LogP) is 0.801. The summed E-state index contributed by atoms with van der Waals surface area (Å²) in [6.45, 7) is 7.87. The van der Waals surface area contributed by atoms with Crippen molar-refractivity contribution in [3.63, 3.8) is 0 Å². The van der Waals surface area contributed by atoms with Gasteiger partial charge in [-0.15, -0.1) is 0 Å². The van der Waals surface area contributed by atoms with Crippen molar-refractivity contribution < 1.29 is 34.2 Å². The number of likely N-dealkylation sites (N-methyl/N-ethyl adjacent to an activating group) is 1. The van der Waals surface area contributed by atoms with E-state index in [1.165, 1.54) is 4.90 Å². The first kappa shape index (κ1) is 31.8. The summed E-state index contributed by atoms with van der Waals surface area (Å²) in [4.78, 5) is 72.5. The van der Waals surface area contributed by atoms with Gasteiger partial charge in [-0.05, 0) is 75.5 Å². The van der Waals surface area contributed by atoms with E-state index in [2.05, 4.69) is 25.7 Å². The first-order valence-corrected chi connectivity index (χ1v) is 14.4. The Morgan fingerprint density at radius 2 is 1.69 bits per heavy atom. The normalized spacial score (nSPS) is 29.5. The minimum Gasteiger partial charge on any atom is -0.507 e. The molecule has 230 valence electrons. The summed E-state index contributed by atoms with van der Waals surface area (Å²) in [5, 5.41) is 22.9. The molecule has 3 aliphatic rings. The highest BCUT2D eigenvalue weighted by atomic mass is 16.3. The fourth-order valence-electron chi connectivity index (χ4n) is 7.30. The fraction of sp³-hybridized carbons (Fsp3) is 0.645. The molecule has 0 spiro atoms. The van der Waals surface area contributed by atoms with E-state index in [0.717, 1.165) is 24.2 Å². The zero-order chi connectivity index (χ0) is 31.6. The monoisotopic (exact) mass is 584 g/mol. The van der Waals surface area contributed by atoms with Crippen LogP contribution in [0.4, 0.5) is 5.69 Å². The van der Waals surface area contributed by atoms with E-state index in [0.29, 0.717) is 12.1 Å². The second-order valence-electron chi connectivity index (χ2n) is 14.0. The van der Waals surface area contributed by atoms with Gasteiger partial charge in [0.2, 0.25) is 5.91 Å². The van der Waals surface area contributed by atoms with Crippen LogP contribution in [0.25, 0.3) is 0 Å². The molecule has 0 bridgehead atoms. The molecule has 0 saturated heterocycles. The molecule has 2 fully saturated rings. The van der Waals surface area contributed by atoms with Gasteiger partial charge in [0.15, 0.2) is 34.7 Å². The lowest BCUT2D eigenvalue weighted by Gasteiger charge is -2.52. The average molecular weight is 585 g/mol. The molecule has 1 aromatic rings. The van der Waals surface area contributed by atoms with Crippen molar-refractivity contribution >= 4 is 34.7 Å². The van der Waals surface area contributed by atoms with Crippen LogP contribution in [-0.2, 0) is 32.1 Å². The van der Waals surface area contributed by atoms with Crippen molar-refractivity contribution in [2.75, 3.05) is 46.7 Å². The molecule has 2 unspecified atom stereocenters. The van der Waals surface area contributed by atoms with Crippen molar-refractivity contribution in [1.29, 1.82) is 0 Å². The Kier molecular flexibility index (Phi) is 8.20. The number of aliphatic hydroxyl groups is 1. The van der Waals surface area contributed by atoms with Gasteiger partial charge < -0.3 is 25.7 Å². The number of phenolic OH excluding ortho intramolecular Hbond substituents is 1. The maximum absolute atomic E-state index is 14.0. The summed E-state index contributed by atoms with van der Waals surface area (Å²) in [5.74, 6) is -10.4. The van der Waals surface area contributed by atoms with Crippen LogP contribution in [0.15, 0.2) is 6.07 Å². The Balaban J connectivity index is 1.80. The van der Waals surface area contributed by atoms with E-state index in [1.54, 1.807) is 20.2 Å². The highest BCUT2D eigenvalue weighted by molar-refractivity contribution is 6.32. The molecular formula is C31H44N4O7. The number of carbonyl (C=O) groups is 5. The number of hydrogen-bond donors (Lipinski definition) is 3. The number of rotatable bonds is 7. The molecule has 0 aromatic heterocycles. The van der Waals surface area contributed by atoms with Gasteiger partial charge in [0, 0.05) is 32.2 Å². The lowest BCUT2D eigenvalue weighted by Crippen LogP contribution is -2.74. The SMILES string of the molecule is CN(CCC(C)(C)C)Cc1cc(O)c2c(c1N(C)C)C[C@H]1C[C@H]3[C@H](N(C)C)C(=O)C(C(N)=O)C(=O)[C@@]3(O)C(=O)C1C2=O. The van der Waals surface area contributed by atoms with Crippen molar-refractivity contribution in [3.8, 4) is 5.75 Å². The molecule has 4 rings (SSSR count). The number of nitrogens with zero attached hydrogens (tertiary/aromatic N) is 3. The molecular weight excluding hydrogens is 540 g/mol. The van der Waals surface area contributed by atoms with Gasteiger partial charge in [0.1, 0.15) is 5.75 Å². The lowest BCUT2D eigenvalue weighted by atomic mass is 9.52. The molecule has 0 radical (unpaired) electrons. The van der Waals surface area contributed by atoms with Crippen molar-refractivity contribution in [2.24, 2.45) is 34.8 Å². The number of primary amides is 1. The minimum atomic E-state index is -2.73. The van der Waals surface area contributed by atoms with Gasteiger partial charge in [-0.3, -0.25) is 28.9 Å². The topological polar surface area (TPSA) is 162 Å². The third-order valence-electron chi connectivity index (χ3n) is 9.24. The summed E-state index contributed by atoms with van der Waals surface area (Å²) in [6.07, 6.45) is 1.22. The molecule has 6 atom stereocenters. The first-order chi connectivity index (χ1) is 19.3. The average Bonchev–Trinajstić information content (AvgIpc) is 2.83. The predicted molar refractivity (Wildman–Crippen MR) is 156 cm³/mol. The molecule has 1 aromatic carbocycles. The van der Waals surface area contributed by atoms with Crippen LogP contribution < -0.4 is 10.6 Å². The second kappa shape index (κ2) is 10.8. The molecule has 42 heavy (non-hydrogen) atoms. The zero-order valence-electron chi connectivity index (χ0n) is 25.9. The van der Waals surface area contributed by atoms with Crippen LogP contribution in [0.3, 0.4) is 0 Å². The number of fused-ring (bicyclic) bond motifs is 3. The van der Waals surface area contributed by atoms with Crippen LogP contribution in [0.1, 0.15) is 55.1 Å². The number of anilines is 1. The minimum absolute atomic E-state index is 0.00592. The third kappa shape index (κ3) is 5.05. The number of carbonyl (C=O) groups excluding carboxylic acids is 5. The van der Waals surface area contributed by atoms with Crippen molar-refractivity contribution in [2.45, 2.75) is 58.2 Å². The summed E-state index contributed by atoms with van der Waals surface area (Å²) in [6, 6.07) is 0.427. The number of amides is 1. The Hall–Kier alpha value is -3.15. The Bertz CT molecular complexity index is 1350. The number of aromatic hydroxyl groups is 1. The lowest BCUT2D eigenvalue weighted by molar-refractivity contribution is -0.181. The summed E-state index contributed by atoms with van der Waals surface area (Å²) >= 11 is 0. The maximum atomic E-state index is 14.0. The van der Waals surface area contributed by atoms with Gasteiger partial charge >= 0.3 is 0 Å². The number of phenols is 1. The quantitative estimate of drug-likeness (QED) is 0.391. The maximum Gasteiger partial charge on any atom is 0.235 e. The van der Waals surface area contributed by atoms with Gasteiger partial charge in [0.25, 0.3) is 0 Å². The largest absolute Gasteiger partial charge is 0.507 e. The van der Waals surface area contributed by atoms with Gasteiger partial charge in [-0.2, -0.15) is 0 Å². The number of nitrogens with two attached hydrogens (primary N) is 1. The number of ketones is 4. The van der Waals surface area contributed by atoms with Crippen LogP contribution in [0.2, 0.25) is 0 Å². The molecule has 1 amide bonds. The Labute approximate surface area is 247 Å². The Morgan fingerprint density at radius 3 is 2.21 bits per heavy atom. The highest BCUT2D eigenvalue weighted by Crippen LogP contribution is 2.52. The third-order valence-corrected chi connectivity index (χ3v) is 9.24. The van der Waals surface area contributed by atoms with Crippen LogP contribution in [0.5, 0.6) is 5.75 Å². The second-order valence-corrected chi connectivity index (χ2v) is 14.0. The van der Waals surface area contributed by atoms with Gasteiger partial charge in [-0.25, -0.2) is 0 Å². The van der Waals surface area contributed by atoms with Crippen LogP contribution in [-0.4, -0.2) is 102 Å². The van der Waals surface area contributed by atoms with E-state index < -0.39 is 64.4 Å². The summed E-state index contributed by atoms with van der Waals surface area (Å²) in [7, 11) is 8.86. The van der Waals surface area contributed by atoms with E-state index >= 15 is 0 Å². The molecule has 11 nitrogen and oxygen atoms in total. The number of hydrogen-bond acceptors (Lipinski definition) is 10. The molecule has 0 aliphatic heterocycles.